The van der Waals surface area contributed by atoms with E-state index >= 15 is 0 Å². The topological polar surface area (TPSA) is 56.1 Å². The number of benzene rings is 3. The molecule has 0 bridgehead atoms. The third-order valence-electron chi connectivity index (χ3n) is 5.90. The summed E-state index contributed by atoms with van der Waals surface area (Å²) in [5.74, 6) is 1.93. The number of ether oxygens (including phenoxy) is 1. The van der Waals surface area contributed by atoms with E-state index in [9.17, 15) is 4.79 Å². The predicted octanol–water partition coefficient (Wildman–Crippen LogP) is 6.21. The highest BCUT2D eigenvalue weighted by molar-refractivity contribution is 6.33. The normalized spacial score (nSPS) is 12.0. The molecule has 0 aliphatic rings. The van der Waals surface area contributed by atoms with Crippen LogP contribution in [0.5, 0.6) is 5.75 Å². The first-order valence-corrected chi connectivity index (χ1v) is 11.6. The minimum absolute atomic E-state index is 0.225. The standard InChI is InChI=1S/C27H28ClN3O2/c1-3-19(2)20-12-14-21(15-13-20)33-17-16-31-25-11-7-6-10-24(25)30-26(31)18-29-27(32)22-8-4-5-9-23(22)28/h4-15,19H,3,16-18H2,1-2H3,(H,29,32). The summed E-state index contributed by atoms with van der Waals surface area (Å²) < 4.78 is 8.10. The third kappa shape index (κ3) is 5.37. The number of para-hydroxylation sites is 2. The Kier molecular flexibility index (Phi) is 7.30. The average Bonchev–Trinajstić information content (AvgIpc) is 3.20. The van der Waals surface area contributed by atoms with E-state index in [1.165, 1.54) is 5.56 Å². The van der Waals surface area contributed by atoms with Crippen LogP contribution in [0.4, 0.5) is 0 Å². The molecule has 170 valence electrons. The van der Waals surface area contributed by atoms with Gasteiger partial charge in [0, 0.05) is 0 Å². The van der Waals surface area contributed by atoms with Crippen molar-refractivity contribution >= 4 is 28.5 Å². The number of halogens is 1. The lowest BCUT2D eigenvalue weighted by atomic mass is 9.99. The highest BCUT2D eigenvalue weighted by atomic mass is 35.5. The minimum Gasteiger partial charge on any atom is -0.492 e. The van der Waals surface area contributed by atoms with Crippen LogP contribution in [-0.4, -0.2) is 22.1 Å². The van der Waals surface area contributed by atoms with Crippen molar-refractivity contribution in [2.24, 2.45) is 0 Å². The first-order chi connectivity index (χ1) is 16.1. The number of rotatable bonds is 9. The van der Waals surface area contributed by atoms with Crippen LogP contribution in [0.25, 0.3) is 11.0 Å². The van der Waals surface area contributed by atoms with Crippen LogP contribution >= 0.6 is 11.6 Å². The van der Waals surface area contributed by atoms with Crippen molar-refractivity contribution in [2.75, 3.05) is 6.61 Å². The van der Waals surface area contributed by atoms with E-state index in [4.69, 9.17) is 21.3 Å². The SMILES string of the molecule is CCC(C)c1ccc(OCCn2c(CNC(=O)c3ccccc3Cl)nc3ccccc32)cc1. The van der Waals surface area contributed by atoms with Crippen molar-refractivity contribution in [3.8, 4) is 5.75 Å². The monoisotopic (exact) mass is 461 g/mol. The molecule has 0 saturated carbocycles. The number of hydrogen-bond acceptors (Lipinski definition) is 3. The van der Waals surface area contributed by atoms with Crippen molar-refractivity contribution in [3.63, 3.8) is 0 Å². The Morgan fingerprint density at radius 1 is 1.06 bits per heavy atom. The second-order valence-corrected chi connectivity index (χ2v) is 8.46. The zero-order valence-electron chi connectivity index (χ0n) is 18.9. The van der Waals surface area contributed by atoms with Gasteiger partial charge in [-0.1, -0.05) is 61.8 Å². The number of aromatic nitrogens is 2. The summed E-state index contributed by atoms with van der Waals surface area (Å²) in [4.78, 5) is 17.3. The lowest BCUT2D eigenvalue weighted by molar-refractivity contribution is 0.0949. The molecule has 1 N–H and O–H groups in total. The summed E-state index contributed by atoms with van der Waals surface area (Å²) >= 11 is 6.16. The second kappa shape index (κ2) is 10.5. The fourth-order valence-electron chi connectivity index (χ4n) is 3.79. The van der Waals surface area contributed by atoms with Gasteiger partial charge in [0.15, 0.2) is 0 Å². The molecule has 1 aromatic heterocycles. The number of nitrogens with zero attached hydrogens (tertiary/aromatic N) is 2. The first kappa shape index (κ1) is 22.9. The molecule has 0 saturated heterocycles. The number of imidazole rings is 1. The number of hydrogen-bond donors (Lipinski definition) is 1. The molecule has 4 aromatic rings. The number of carbonyl (C=O) groups is 1. The molecule has 1 atom stereocenters. The van der Waals surface area contributed by atoms with Gasteiger partial charge >= 0.3 is 0 Å². The summed E-state index contributed by atoms with van der Waals surface area (Å²) in [7, 11) is 0. The van der Waals surface area contributed by atoms with E-state index in [-0.39, 0.29) is 5.91 Å². The van der Waals surface area contributed by atoms with E-state index in [1.54, 1.807) is 24.3 Å². The minimum atomic E-state index is -0.225. The van der Waals surface area contributed by atoms with Crippen molar-refractivity contribution in [3.05, 3.63) is 94.8 Å². The van der Waals surface area contributed by atoms with Crippen LogP contribution in [0.1, 0.15) is 47.9 Å². The molecule has 1 amide bonds. The maximum atomic E-state index is 12.6. The summed E-state index contributed by atoms with van der Waals surface area (Å²) in [6, 6.07) is 23.3. The number of fused-ring (bicyclic) bond motifs is 1. The molecule has 0 aliphatic heterocycles. The average molecular weight is 462 g/mol. The quantitative estimate of drug-likeness (QED) is 0.322. The zero-order chi connectivity index (χ0) is 23.2. The molecule has 6 heteroatoms. The van der Waals surface area contributed by atoms with Crippen LogP contribution < -0.4 is 10.1 Å². The Labute approximate surface area is 199 Å². The van der Waals surface area contributed by atoms with E-state index < -0.39 is 0 Å². The van der Waals surface area contributed by atoms with Crippen molar-refractivity contribution in [1.29, 1.82) is 0 Å². The molecule has 4 rings (SSSR count). The first-order valence-electron chi connectivity index (χ1n) is 11.3. The molecule has 1 heterocycles. The Bertz CT molecular complexity index is 1230. The van der Waals surface area contributed by atoms with E-state index in [2.05, 4.69) is 35.9 Å². The molecule has 0 radical (unpaired) electrons. The molecule has 0 fully saturated rings. The second-order valence-electron chi connectivity index (χ2n) is 8.06. The molecule has 3 aromatic carbocycles. The van der Waals surface area contributed by atoms with E-state index in [0.717, 1.165) is 29.0 Å². The van der Waals surface area contributed by atoms with Gasteiger partial charge in [0.1, 0.15) is 18.2 Å². The van der Waals surface area contributed by atoms with Gasteiger partial charge in [-0.3, -0.25) is 4.79 Å². The van der Waals surface area contributed by atoms with Crippen molar-refractivity contribution < 1.29 is 9.53 Å². The van der Waals surface area contributed by atoms with Crippen LogP contribution in [0.2, 0.25) is 5.02 Å². The van der Waals surface area contributed by atoms with Gasteiger partial charge in [0.05, 0.1) is 34.7 Å². The smallest absolute Gasteiger partial charge is 0.253 e. The molecular formula is C27H28ClN3O2. The maximum Gasteiger partial charge on any atom is 0.253 e. The molecule has 0 aliphatic carbocycles. The van der Waals surface area contributed by atoms with Gasteiger partial charge in [0.2, 0.25) is 0 Å². The van der Waals surface area contributed by atoms with Crippen LogP contribution in [-0.2, 0) is 13.1 Å². The van der Waals surface area contributed by atoms with Gasteiger partial charge in [0.25, 0.3) is 5.91 Å². The van der Waals surface area contributed by atoms with Gasteiger partial charge < -0.3 is 14.6 Å². The summed E-state index contributed by atoms with van der Waals surface area (Å²) in [6.07, 6.45) is 1.11. The molecule has 33 heavy (non-hydrogen) atoms. The van der Waals surface area contributed by atoms with Crippen molar-refractivity contribution in [2.45, 2.75) is 39.3 Å². The lowest BCUT2D eigenvalue weighted by Crippen LogP contribution is -2.25. The fourth-order valence-corrected chi connectivity index (χ4v) is 4.01. The highest BCUT2D eigenvalue weighted by Crippen LogP contribution is 2.22. The Morgan fingerprint density at radius 3 is 2.55 bits per heavy atom. The predicted molar refractivity (Wildman–Crippen MR) is 133 cm³/mol. The fraction of sp³-hybridized carbons (Fsp3) is 0.259. The zero-order valence-corrected chi connectivity index (χ0v) is 19.7. The van der Waals surface area contributed by atoms with Gasteiger partial charge in [-0.05, 0) is 54.3 Å². The van der Waals surface area contributed by atoms with Gasteiger partial charge in [-0.2, -0.15) is 0 Å². The summed E-state index contributed by atoms with van der Waals surface area (Å²) in [6.45, 7) is 5.83. The third-order valence-corrected chi connectivity index (χ3v) is 6.23. The number of carbonyl (C=O) groups excluding carboxylic acids is 1. The Balaban J connectivity index is 1.45. The molecule has 5 nitrogen and oxygen atoms in total. The maximum absolute atomic E-state index is 12.6. The molecule has 0 spiro atoms. The van der Waals surface area contributed by atoms with Crippen LogP contribution in [0.3, 0.4) is 0 Å². The lowest BCUT2D eigenvalue weighted by Gasteiger charge is -2.13. The Hall–Kier alpha value is -3.31. The number of amides is 1. The van der Waals surface area contributed by atoms with Gasteiger partial charge in [-0.15, -0.1) is 0 Å². The molecular weight excluding hydrogens is 434 g/mol. The Morgan fingerprint density at radius 2 is 1.79 bits per heavy atom. The largest absolute Gasteiger partial charge is 0.492 e. The summed E-state index contributed by atoms with van der Waals surface area (Å²) in [5, 5.41) is 3.37. The van der Waals surface area contributed by atoms with Gasteiger partial charge in [-0.25, -0.2) is 4.98 Å². The van der Waals surface area contributed by atoms with Crippen LogP contribution in [0, 0.1) is 0 Å². The van der Waals surface area contributed by atoms with E-state index in [1.807, 2.05) is 36.4 Å². The summed E-state index contributed by atoms with van der Waals surface area (Å²) in [5.41, 5.74) is 3.67. The van der Waals surface area contributed by atoms with Crippen molar-refractivity contribution in [1.82, 2.24) is 14.9 Å². The highest BCUT2D eigenvalue weighted by Gasteiger charge is 2.14. The molecule has 1 unspecified atom stereocenters. The van der Waals surface area contributed by atoms with Crippen LogP contribution in [0.15, 0.2) is 72.8 Å². The van der Waals surface area contributed by atoms with E-state index in [0.29, 0.717) is 36.2 Å². The number of nitrogens with one attached hydrogen (secondary N) is 1.